The van der Waals surface area contributed by atoms with E-state index in [2.05, 4.69) is 50.5 Å². The van der Waals surface area contributed by atoms with E-state index in [9.17, 15) is 0 Å². The summed E-state index contributed by atoms with van der Waals surface area (Å²) in [6.45, 7) is 0. The summed E-state index contributed by atoms with van der Waals surface area (Å²) >= 11 is 17.1. The van der Waals surface area contributed by atoms with Gasteiger partial charge < -0.3 is 0 Å². The fraction of sp³-hybridized carbons (Fsp3) is 1.00. The Labute approximate surface area is 105 Å². The zero-order valence-corrected chi connectivity index (χ0v) is 11.8. The molecule has 2 atom stereocenters. The van der Waals surface area contributed by atoms with Crippen molar-refractivity contribution in [3.8, 4) is 0 Å². The summed E-state index contributed by atoms with van der Waals surface area (Å²) in [7, 11) is 3.54. The summed E-state index contributed by atoms with van der Waals surface area (Å²) in [6, 6.07) is 0. The van der Waals surface area contributed by atoms with Crippen molar-refractivity contribution in [2.45, 2.75) is 22.0 Å². The average molecular weight is 279 g/mol. The molecule has 6 heteroatoms. The lowest BCUT2D eigenvalue weighted by atomic mass is 10.6. The van der Waals surface area contributed by atoms with Crippen LogP contribution in [0.25, 0.3) is 0 Å². The SMILES string of the molecule is SCCC(S)SSC(S)CCS. The van der Waals surface area contributed by atoms with Gasteiger partial charge >= 0.3 is 0 Å². The molecule has 0 aromatic carbocycles. The highest BCUT2D eigenvalue weighted by Gasteiger charge is 2.07. The van der Waals surface area contributed by atoms with Crippen molar-refractivity contribution in [3.63, 3.8) is 0 Å². The van der Waals surface area contributed by atoms with E-state index in [-0.39, 0.29) is 0 Å². The third kappa shape index (κ3) is 8.69. The number of rotatable bonds is 7. The molecule has 0 nitrogen and oxygen atoms in total. The third-order valence-electron chi connectivity index (χ3n) is 1.03. The standard InChI is InChI=1S/C6H14S6/c7-3-1-5(9)11-12-6(10)2-4-8/h5-10H,1-4H2. The number of hydrogen-bond acceptors (Lipinski definition) is 6. The Morgan fingerprint density at radius 1 is 0.833 bits per heavy atom. The van der Waals surface area contributed by atoms with Crippen LogP contribution in [0.1, 0.15) is 12.8 Å². The fourth-order valence-corrected chi connectivity index (χ4v) is 4.90. The second-order valence-electron chi connectivity index (χ2n) is 2.13. The lowest BCUT2D eigenvalue weighted by Gasteiger charge is -2.11. The summed E-state index contributed by atoms with van der Waals surface area (Å²) in [4.78, 5) is 0. The highest BCUT2D eigenvalue weighted by molar-refractivity contribution is 8.79. The first-order valence-electron chi connectivity index (χ1n) is 3.60. The van der Waals surface area contributed by atoms with Gasteiger partial charge in [0.2, 0.25) is 0 Å². The van der Waals surface area contributed by atoms with Crippen molar-refractivity contribution in [1.29, 1.82) is 0 Å². The monoisotopic (exact) mass is 278 g/mol. The first-order chi connectivity index (χ1) is 5.70. The molecule has 0 spiro atoms. The van der Waals surface area contributed by atoms with E-state index >= 15 is 0 Å². The first-order valence-corrected chi connectivity index (χ1v) is 8.18. The zero-order valence-electron chi connectivity index (χ0n) is 6.59. The summed E-state index contributed by atoms with van der Waals surface area (Å²) < 4.78 is 0.754. The minimum absolute atomic E-state index is 0.377. The van der Waals surface area contributed by atoms with E-state index in [1.165, 1.54) is 0 Å². The third-order valence-corrected chi connectivity index (χ3v) is 6.30. The molecule has 0 aliphatic heterocycles. The van der Waals surface area contributed by atoms with Crippen LogP contribution in [0.15, 0.2) is 0 Å². The minimum atomic E-state index is 0.377. The quantitative estimate of drug-likeness (QED) is 0.320. The second kappa shape index (κ2) is 9.65. The van der Waals surface area contributed by atoms with Crippen LogP contribution in [0.5, 0.6) is 0 Å². The first kappa shape index (κ1) is 14.1. The van der Waals surface area contributed by atoms with Crippen LogP contribution in [-0.2, 0) is 0 Å². The Balaban J connectivity index is 3.27. The van der Waals surface area contributed by atoms with Crippen LogP contribution in [0.3, 0.4) is 0 Å². The number of hydrogen-bond donors (Lipinski definition) is 4. The molecular weight excluding hydrogens is 264 g/mol. The van der Waals surface area contributed by atoms with Crippen LogP contribution in [-0.4, -0.2) is 20.7 Å². The molecule has 0 aromatic rings. The molecule has 12 heavy (non-hydrogen) atoms. The van der Waals surface area contributed by atoms with Crippen molar-refractivity contribution in [3.05, 3.63) is 0 Å². The molecule has 0 rings (SSSR count). The molecule has 0 aliphatic carbocycles. The highest BCUT2D eigenvalue weighted by atomic mass is 33.1. The Morgan fingerprint density at radius 2 is 1.17 bits per heavy atom. The van der Waals surface area contributed by atoms with E-state index in [1.807, 2.05) is 0 Å². The molecule has 0 aromatic heterocycles. The molecule has 2 unspecified atom stereocenters. The van der Waals surface area contributed by atoms with E-state index in [1.54, 1.807) is 21.6 Å². The van der Waals surface area contributed by atoms with Crippen LogP contribution in [0.4, 0.5) is 0 Å². The van der Waals surface area contributed by atoms with Gasteiger partial charge in [-0.3, -0.25) is 0 Å². The summed E-state index contributed by atoms with van der Waals surface area (Å²) in [6.07, 6.45) is 2.07. The highest BCUT2D eigenvalue weighted by Crippen LogP contribution is 2.37. The maximum Gasteiger partial charge on any atom is 0.0584 e. The van der Waals surface area contributed by atoms with Gasteiger partial charge in [-0.15, -0.1) is 0 Å². The molecule has 0 N–H and O–H groups in total. The van der Waals surface area contributed by atoms with Gasteiger partial charge in [0.15, 0.2) is 0 Å². The van der Waals surface area contributed by atoms with E-state index in [0.29, 0.717) is 9.16 Å². The topological polar surface area (TPSA) is 0 Å². The van der Waals surface area contributed by atoms with Gasteiger partial charge in [0, 0.05) is 0 Å². The van der Waals surface area contributed by atoms with Gasteiger partial charge in [0.1, 0.15) is 0 Å². The predicted molar refractivity (Wildman–Crippen MR) is 77.7 cm³/mol. The lowest BCUT2D eigenvalue weighted by Crippen LogP contribution is -1.95. The number of thiol groups is 4. The summed E-state index contributed by atoms with van der Waals surface area (Å²) in [5, 5.41) is 0. The molecule has 0 aliphatic rings. The van der Waals surface area contributed by atoms with Crippen LogP contribution < -0.4 is 0 Å². The Hall–Kier alpha value is 2.10. The largest absolute Gasteiger partial charge is 0.179 e. The molecule has 0 saturated carbocycles. The molecule has 0 amide bonds. The second-order valence-corrected chi connectivity index (χ2v) is 7.64. The smallest absolute Gasteiger partial charge is 0.0584 e. The average Bonchev–Trinajstić information content (AvgIpc) is 2.02. The maximum atomic E-state index is 4.39. The van der Waals surface area contributed by atoms with Gasteiger partial charge in [-0.1, -0.05) is 21.6 Å². The van der Waals surface area contributed by atoms with Gasteiger partial charge in [-0.2, -0.15) is 50.5 Å². The van der Waals surface area contributed by atoms with Crippen molar-refractivity contribution in [1.82, 2.24) is 0 Å². The molecule has 74 valence electrons. The van der Waals surface area contributed by atoms with Gasteiger partial charge in [-0.25, -0.2) is 0 Å². The van der Waals surface area contributed by atoms with Crippen molar-refractivity contribution in [2.24, 2.45) is 0 Å². The Morgan fingerprint density at radius 3 is 1.42 bits per heavy atom. The van der Waals surface area contributed by atoms with Crippen LogP contribution in [0.2, 0.25) is 0 Å². The van der Waals surface area contributed by atoms with Gasteiger partial charge in [0.25, 0.3) is 0 Å². The summed E-state index contributed by atoms with van der Waals surface area (Å²) in [5.74, 6) is 1.79. The van der Waals surface area contributed by atoms with Crippen molar-refractivity contribution in [2.75, 3.05) is 11.5 Å². The van der Waals surface area contributed by atoms with E-state index in [4.69, 9.17) is 0 Å². The van der Waals surface area contributed by atoms with Crippen molar-refractivity contribution >= 4 is 72.1 Å². The van der Waals surface area contributed by atoms with Crippen molar-refractivity contribution < 1.29 is 0 Å². The predicted octanol–water partition coefficient (Wildman–Crippen LogP) is 3.52. The van der Waals surface area contributed by atoms with Gasteiger partial charge in [-0.05, 0) is 24.3 Å². The molecule has 0 heterocycles. The van der Waals surface area contributed by atoms with Crippen LogP contribution in [0, 0.1) is 0 Å². The maximum absolute atomic E-state index is 4.39. The minimum Gasteiger partial charge on any atom is -0.179 e. The fourth-order valence-electron chi connectivity index (χ4n) is 0.445. The van der Waals surface area contributed by atoms with Gasteiger partial charge in [0.05, 0.1) is 9.16 Å². The Kier molecular flexibility index (Phi) is 11.3. The zero-order chi connectivity index (χ0) is 9.40. The Bertz CT molecular complexity index is 86.0. The molecular formula is C6H14S6. The molecule has 0 radical (unpaired) electrons. The normalized spacial score (nSPS) is 16.0. The summed E-state index contributed by atoms with van der Waals surface area (Å²) in [5.41, 5.74) is 0. The molecule has 0 saturated heterocycles. The van der Waals surface area contributed by atoms with Crippen LogP contribution >= 0.6 is 72.1 Å². The van der Waals surface area contributed by atoms with E-state index in [0.717, 1.165) is 24.3 Å². The lowest BCUT2D eigenvalue weighted by molar-refractivity contribution is 1.08. The molecule has 0 bridgehead atoms. The van der Waals surface area contributed by atoms with E-state index < -0.39 is 0 Å². The molecule has 0 fully saturated rings.